The molecule has 0 aliphatic carbocycles. The van der Waals surface area contributed by atoms with Crippen LogP contribution in [0.1, 0.15) is 31.3 Å². The number of rotatable bonds is 5. The monoisotopic (exact) mass is 417 g/mol. The molecule has 0 saturated carbocycles. The Bertz CT molecular complexity index is 1110. The lowest BCUT2D eigenvalue weighted by Crippen LogP contribution is -2.23. The quantitative estimate of drug-likeness (QED) is 0.511. The molecule has 0 fully saturated rings. The van der Waals surface area contributed by atoms with Gasteiger partial charge in [0.1, 0.15) is 28.7 Å². The van der Waals surface area contributed by atoms with Crippen LogP contribution in [0.3, 0.4) is 0 Å². The molecule has 0 atom stereocenters. The molecule has 154 valence electrons. The van der Waals surface area contributed by atoms with Crippen molar-refractivity contribution in [1.29, 1.82) is 0 Å². The molecule has 11 heteroatoms. The van der Waals surface area contributed by atoms with Crippen LogP contribution in [0.15, 0.2) is 42.7 Å². The molecule has 0 spiro atoms. The summed E-state index contributed by atoms with van der Waals surface area (Å²) in [5, 5.41) is 7.17. The summed E-state index contributed by atoms with van der Waals surface area (Å²) in [6.45, 7) is 0. The van der Waals surface area contributed by atoms with Crippen molar-refractivity contribution in [3.05, 3.63) is 77.1 Å². The average molecular weight is 417 g/mol. The van der Waals surface area contributed by atoms with Crippen LogP contribution in [-0.2, 0) is 0 Å². The topological polar surface area (TPSA) is 116 Å². The highest BCUT2D eigenvalue weighted by Gasteiger charge is 2.21. The van der Waals surface area contributed by atoms with Gasteiger partial charge in [0.15, 0.2) is 5.69 Å². The minimum Gasteiger partial charge on any atom is -0.354 e. The predicted molar refractivity (Wildman–Crippen MR) is 101 cm³/mol. The first-order valence-corrected chi connectivity index (χ1v) is 8.43. The van der Waals surface area contributed by atoms with E-state index >= 15 is 0 Å². The number of H-pyrrole nitrogens is 1. The van der Waals surface area contributed by atoms with Crippen molar-refractivity contribution in [3.63, 3.8) is 0 Å². The summed E-state index contributed by atoms with van der Waals surface area (Å²) in [5.74, 6) is -6.08. The fourth-order valence-electron chi connectivity index (χ4n) is 2.54. The number of carbonyl (C=O) groups excluding carboxylic acids is 3. The molecule has 0 aliphatic heterocycles. The van der Waals surface area contributed by atoms with Gasteiger partial charge in [0.25, 0.3) is 17.7 Å². The van der Waals surface area contributed by atoms with E-state index in [1.165, 1.54) is 37.6 Å². The number of benzene rings is 2. The van der Waals surface area contributed by atoms with Crippen LogP contribution in [0.25, 0.3) is 0 Å². The third kappa shape index (κ3) is 4.29. The standard InChI is InChI=1S/C19H14F3N5O3/c1-23-18(29)15-16(25-8-24-15)19(30)27-11-4-2-10(3-5-11)26-17(28)14-12(21)6-9(20)7-13(14)22/h2-8H,1H3,(H,23,29)(H,24,25)(H,26,28)(H,27,30). The molecule has 3 amide bonds. The number of nitrogens with one attached hydrogen (secondary N) is 4. The highest BCUT2D eigenvalue weighted by molar-refractivity contribution is 6.10. The lowest BCUT2D eigenvalue weighted by atomic mass is 10.1. The van der Waals surface area contributed by atoms with E-state index in [0.29, 0.717) is 17.8 Å². The second-order valence-corrected chi connectivity index (χ2v) is 5.94. The summed E-state index contributed by atoms with van der Waals surface area (Å²) >= 11 is 0. The van der Waals surface area contributed by atoms with Gasteiger partial charge in [-0.3, -0.25) is 14.4 Å². The van der Waals surface area contributed by atoms with Gasteiger partial charge in [0.05, 0.1) is 6.33 Å². The molecule has 8 nitrogen and oxygen atoms in total. The van der Waals surface area contributed by atoms with E-state index in [0.717, 1.165) is 0 Å². The summed E-state index contributed by atoms with van der Waals surface area (Å²) in [4.78, 5) is 42.5. The average Bonchev–Trinajstić information content (AvgIpc) is 3.18. The van der Waals surface area contributed by atoms with Crippen molar-refractivity contribution in [2.24, 2.45) is 0 Å². The van der Waals surface area contributed by atoms with Crippen molar-refractivity contribution >= 4 is 29.1 Å². The molecule has 0 aliphatic rings. The van der Waals surface area contributed by atoms with Crippen molar-refractivity contribution in [3.8, 4) is 0 Å². The number of aromatic nitrogens is 2. The number of carbonyl (C=O) groups is 3. The lowest BCUT2D eigenvalue weighted by molar-refractivity contribution is 0.0943. The molecule has 0 radical (unpaired) electrons. The molecule has 3 aromatic rings. The van der Waals surface area contributed by atoms with Gasteiger partial charge in [-0.25, -0.2) is 18.2 Å². The molecule has 4 N–H and O–H groups in total. The van der Waals surface area contributed by atoms with Gasteiger partial charge in [0.2, 0.25) is 0 Å². The Morgan fingerprint density at radius 1 is 0.867 bits per heavy atom. The Hall–Kier alpha value is -4.15. The van der Waals surface area contributed by atoms with E-state index in [1.54, 1.807) is 0 Å². The molecule has 3 rings (SSSR count). The number of halogens is 3. The zero-order valence-corrected chi connectivity index (χ0v) is 15.3. The Morgan fingerprint density at radius 3 is 1.93 bits per heavy atom. The van der Waals surface area contributed by atoms with Crippen LogP contribution in [0.2, 0.25) is 0 Å². The Morgan fingerprint density at radius 2 is 1.40 bits per heavy atom. The smallest absolute Gasteiger partial charge is 0.276 e. The molecular weight excluding hydrogens is 403 g/mol. The number of hydrogen-bond donors (Lipinski definition) is 4. The third-order valence-electron chi connectivity index (χ3n) is 3.94. The Labute approximate surface area is 167 Å². The summed E-state index contributed by atoms with van der Waals surface area (Å²) in [5.41, 5.74) is -0.569. The van der Waals surface area contributed by atoms with E-state index in [1.807, 2.05) is 0 Å². The van der Waals surface area contributed by atoms with Crippen LogP contribution in [0, 0.1) is 17.5 Å². The highest BCUT2D eigenvalue weighted by atomic mass is 19.1. The highest BCUT2D eigenvalue weighted by Crippen LogP contribution is 2.19. The van der Waals surface area contributed by atoms with E-state index in [-0.39, 0.29) is 17.1 Å². The maximum absolute atomic E-state index is 13.7. The van der Waals surface area contributed by atoms with Crippen molar-refractivity contribution in [2.45, 2.75) is 0 Å². The molecule has 0 saturated heterocycles. The minimum absolute atomic E-state index is 0.0118. The van der Waals surface area contributed by atoms with Gasteiger partial charge in [-0.15, -0.1) is 0 Å². The van der Waals surface area contributed by atoms with Gasteiger partial charge in [0, 0.05) is 30.6 Å². The zero-order chi connectivity index (χ0) is 21.8. The number of aromatic amines is 1. The Balaban J connectivity index is 1.70. The second kappa shape index (κ2) is 8.47. The molecule has 0 bridgehead atoms. The van der Waals surface area contributed by atoms with Crippen LogP contribution in [0.5, 0.6) is 0 Å². The van der Waals surface area contributed by atoms with E-state index in [9.17, 15) is 27.6 Å². The predicted octanol–water partition coefficient (Wildman–Crippen LogP) is 2.69. The van der Waals surface area contributed by atoms with Gasteiger partial charge >= 0.3 is 0 Å². The van der Waals surface area contributed by atoms with E-state index in [2.05, 4.69) is 25.9 Å². The maximum atomic E-state index is 13.7. The van der Waals surface area contributed by atoms with Gasteiger partial charge in [-0.2, -0.15) is 0 Å². The normalized spacial score (nSPS) is 10.4. The van der Waals surface area contributed by atoms with Crippen LogP contribution >= 0.6 is 0 Å². The van der Waals surface area contributed by atoms with Crippen LogP contribution < -0.4 is 16.0 Å². The van der Waals surface area contributed by atoms with Crippen molar-refractivity contribution in [1.82, 2.24) is 15.3 Å². The fraction of sp³-hybridized carbons (Fsp3) is 0.0526. The van der Waals surface area contributed by atoms with Crippen molar-refractivity contribution < 1.29 is 27.6 Å². The number of anilines is 2. The summed E-state index contributed by atoms with van der Waals surface area (Å²) in [6, 6.07) is 6.37. The molecule has 0 unspecified atom stereocenters. The summed E-state index contributed by atoms with van der Waals surface area (Å²) in [6.07, 6.45) is 1.20. The molecular formula is C19H14F3N5O3. The lowest BCUT2D eigenvalue weighted by Gasteiger charge is -2.09. The minimum atomic E-state index is -1.33. The molecule has 1 heterocycles. The zero-order valence-electron chi connectivity index (χ0n) is 15.3. The largest absolute Gasteiger partial charge is 0.354 e. The summed E-state index contributed by atoms with van der Waals surface area (Å²) in [7, 11) is 1.40. The third-order valence-corrected chi connectivity index (χ3v) is 3.94. The molecule has 30 heavy (non-hydrogen) atoms. The van der Waals surface area contributed by atoms with Gasteiger partial charge in [-0.05, 0) is 24.3 Å². The number of nitrogens with zero attached hydrogens (tertiary/aromatic N) is 1. The van der Waals surface area contributed by atoms with Crippen LogP contribution in [-0.4, -0.2) is 34.7 Å². The SMILES string of the molecule is CNC(=O)c1[nH]cnc1C(=O)Nc1ccc(NC(=O)c2c(F)cc(F)cc2F)cc1. The van der Waals surface area contributed by atoms with Crippen LogP contribution in [0.4, 0.5) is 24.5 Å². The molecule has 1 aromatic heterocycles. The number of hydrogen-bond acceptors (Lipinski definition) is 4. The first kappa shape index (κ1) is 20.6. The first-order chi connectivity index (χ1) is 14.3. The number of amides is 3. The van der Waals surface area contributed by atoms with E-state index in [4.69, 9.17) is 0 Å². The second-order valence-electron chi connectivity index (χ2n) is 5.94. The maximum Gasteiger partial charge on any atom is 0.276 e. The van der Waals surface area contributed by atoms with Gasteiger partial charge < -0.3 is 20.9 Å². The summed E-state index contributed by atoms with van der Waals surface area (Å²) < 4.78 is 40.4. The first-order valence-electron chi connectivity index (χ1n) is 8.43. The number of imidazole rings is 1. The molecule has 2 aromatic carbocycles. The van der Waals surface area contributed by atoms with E-state index < -0.39 is 40.7 Å². The van der Waals surface area contributed by atoms with Crippen molar-refractivity contribution in [2.75, 3.05) is 17.7 Å². The fourth-order valence-corrected chi connectivity index (χ4v) is 2.54. The van der Waals surface area contributed by atoms with Gasteiger partial charge in [-0.1, -0.05) is 0 Å². The Kier molecular flexibility index (Phi) is 5.81.